The molecule has 1 atom stereocenters. The number of hydrogen-bond acceptors (Lipinski definition) is 3. The van der Waals surface area contributed by atoms with Crippen molar-refractivity contribution in [1.82, 2.24) is 10.2 Å². The van der Waals surface area contributed by atoms with Gasteiger partial charge in [0, 0.05) is 19.0 Å². The zero-order valence-electron chi connectivity index (χ0n) is 14.3. The number of benzene rings is 1. The number of carbonyl (C=O) groups is 1. The summed E-state index contributed by atoms with van der Waals surface area (Å²) < 4.78 is 5.86. The smallest absolute Gasteiger partial charge is 0.234 e. The molecule has 4 nitrogen and oxygen atoms in total. The van der Waals surface area contributed by atoms with Crippen LogP contribution in [0, 0.1) is 5.92 Å². The first kappa shape index (κ1) is 17.8. The van der Waals surface area contributed by atoms with Crippen LogP contribution in [-0.4, -0.2) is 43.6 Å². The number of hydrogen-bond donors (Lipinski definition) is 1. The molecule has 1 aliphatic rings. The number of piperidine rings is 1. The number of amides is 1. The van der Waals surface area contributed by atoms with Gasteiger partial charge in [0.1, 0.15) is 5.75 Å². The van der Waals surface area contributed by atoms with E-state index >= 15 is 0 Å². The summed E-state index contributed by atoms with van der Waals surface area (Å²) in [6, 6.07) is 9.96. The molecule has 0 spiro atoms. The first-order chi connectivity index (χ1) is 11.3. The van der Waals surface area contributed by atoms with Crippen LogP contribution in [0.4, 0.5) is 0 Å². The van der Waals surface area contributed by atoms with Gasteiger partial charge in [0.25, 0.3) is 0 Å². The molecule has 1 N–H and O–H groups in total. The van der Waals surface area contributed by atoms with Crippen LogP contribution in [0.2, 0.25) is 0 Å². The maximum atomic E-state index is 12.0. The Morgan fingerprint density at radius 1 is 1.30 bits per heavy atom. The van der Waals surface area contributed by atoms with Gasteiger partial charge in [-0.15, -0.1) is 0 Å². The van der Waals surface area contributed by atoms with E-state index in [1.807, 2.05) is 30.3 Å². The van der Waals surface area contributed by atoms with E-state index in [0.29, 0.717) is 12.5 Å². The molecule has 0 radical (unpaired) electrons. The standard InChI is InChI=1S/C19H30N2O2/c1-2-3-7-12-20-19(22)15-21-13-8-9-17(14-21)16-23-18-10-5-4-6-11-18/h4-6,10-11,17H,2-3,7-9,12-16H2,1H3,(H,20,22). The van der Waals surface area contributed by atoms with Crippen LogP contribution >= 0.6 is 0 Å². The van der Waals surface area contributed by atoms with Crippen molar-refractivity contribution in [2.75, 3.05) is 32.8 Å². The van der Waals surface area contributed by atoms with E-state index in [0.717, 1.165) is 44.8 Å². The number of carbonyl (C=O) groups excluding carboxylic acids is 1. The fraction of sp³-hybridized carbons (Fsp3) is 0.632. The van der Waals surface area contributed by atoms with Crippen LogP contribution in [0.3, 0.4) is 0 Å². The highest BCUT2D eigenvalue weighted by atomic mass is 16.5. The Labute approximate surface area is 140 Å². The topological polar surface area (TPSA) is 41.6 Å². The van der Waals surface area contributed by atoms with E-state index in [2.05, 4.69) is 17.1 Å². The minimum absolute atomic E-state index is 0.158. The lowest BCUT2D eigenvalue weighted by Gasteiger charge is -2.32. The van der Waals surface area contributed by atoms with Gasteiger partial charge in [0.2, 0.25) is 5.91 Å². The van der Waals surface area contributed by atoms with Crippen molar-refractivity contribution in [2.24, 2.45) is 5.92 Å². The van der Waals surface area contributed by atoms with Crippen molar-refractivity contribution in [1.29, 1.82) is 0 Å². The van der Waals surface area contributed by atoms with Gasteiger partial charge in [-0.3, -0.25) is 9.69 Å². The third-order valence-electron chi connectivity index (χ3n) is 4.30. The maximum absolute atomic E-state index is 12.0. The lowest BCUT2D eigenvalue weighted by molar-refractivity contribution is -0.122. The van der Waals surface area contributed by atoms with Crippen LogP contribution in [0.15, 0.2) is 30.3 Å². The molecule has 4 heteroatoms. The van der Waals surface area contributed by atoms with Crippen molar-refractivity contribution >= 4 is 5.91 Å². The Morgan fingerprint density at radius 2 is 2.13 bits per heavy atom. The zero-order valence-corrected chi connectivity index (χ0v) is 14.3. The third-order valence-corrected chi connectivity index (χ3v) is 4.30. The van der Waals surface area contributed by atoms with Gasteiger partial charge in [-0.25, -0.2) is 0 Å². The van der Waals surface area contributed by atoms with Gasteiger partial charge in [0.05, 0.1) is 13.2 Å². The van der Waals surface area contributed by atoms with Crippen LogP contribution in [0.1, 0.15) is 39.0 Å². The molecule has 1 aromatic rings. The molecule has 1 heterocycles. The molecule has 2 rings (SSSR count). The van der Waals surface area contributed by atoms with Gasteiger partial charge in [0.15, 0.2) is 0 Å². The van der Waals surface area contributed by atoms with Crippen molar-refractivity contribution in [3.63, 3.8) is 0 Å². The maximum Gasteiger partial charge on any atom is 0.234 e. The monoisotopic (exact) mass is 318 g/mol. The van der Waals surface area contributed by atoms with Crippen LogP contribution in [-0.2, 0) is 4.79 Å². The summed E-state index contributed by atoms with van der Waals surface area (Å²) in [7, 11) is 0. The predicted molar refractivity (Wildman–Crippen MR) is 93.6 cm³/mol. The average molecular weight is 318 g/mol. The fourth-order valence-corrected chi connectivity index (χ4v) is 3.02. The molecule has 23 heavy (non-hydrogen) atoms. The van der Waals surface area contributed by atoms with Crippen molar-refractivity contribution in [3.05, 3.63) is 30.3 Å². The van der Waals surface area contributed by atoms with E-state index in [-0.39, 0.29) is 5.91 Å². The molecule has 1 aromatic carbocycles. The van der Waals surface area contributed by atoms with Crippen molar-refractivity contribution in [3.8, 4) is 5.75 Å². The Hall–Kier alpha value is -1.55. The molecule has 0 bridgehead atoms. The molecule has 128 valence electrons. The molecule has 1 amide bonds. The lowest BCUT2D eigenvalue weighted by Crippen LogP contribution is -2.43. The van der Waals surface area contributed by atoms with Gasteiger partial charge >= 0.3 is 0 Å². The largest absolute Gasteiger partial charge is 0.493 e. The number of unbranched alkanes of at least 4 members (excludes halogenated alkanes) is 2. The Balaban J connectivity index is 1.65. The SMILES string of the molecule is CCCCCNC(=O)CN1CCCC(COc2ccccc2)C1. The number of para-hydroxylation sites is 1. The molecule has 1 unspecified atom stereocenters. The second kappa shape index (κ2) is 10.3. The Morgan fingerprint density at radius 3 is 2.91 bits per heavy atom. The van der Waals surface area contributed by atoms with Crippen molar-refractivity contribution in [2.45, 2.75) is 39.0 Å². The van der Waals surface area contributed by atoms with Gasteiger partial charge < -0.3 is 10.1 Å². The summed E-state index contributed by atoms with van der Waals surface area (Å²) in [6.45, 7) is 6.21. The summed E-state index contributed by atoms with van der Waals surface area (Å²) in [4.78, 5) is 14.2. The zero-order chi connectivity index (χ0) is 16.3. The summed E-state index contributed by atoms with van der Waals surface area (Å²) in [6.07, 6.45) is 5.77. The van der Waals surface area contributed by atoms with E-state index in [1.165, 1.54) is 19.3 Å². The minimum atomic E-state index is 0.158. The predicted octanol–water partition coefficient (Wildman–Crippen LogP) is 3.08. The van der Waals surface area contributed by atoms with E-state index in [9.17, 15) is 4.79 Å². The quantitative estimate of drug-likeness (QED) is 0.712. The Bertz CT molecular complexity index is 450. The fourth-order valence-electron chi connectivity index (χ4n) is 3.02. The number of rotatable bonds is 9. The van der Waals surface area contributed by atoms with Crippen LogP contribution in [0.25, 0.3) is 0 Å². The summed E-state index contributed by atoms with van der Waals surface area (Å²) in [5.41, 5.74) is 0. The average Bonchev–Trinajstić information content (AvgIpc) is 2.58. The highest BCUT2D eigenvalue weighted by Gasteiger charge is 2.22. The molecule has 1 aliphatic heterocycles. The molecule has 0 saturated carbocycles. The first-order valence-corrected chi connectivity index (χ1v) is 8.95. The second-order valence-corrected chi connectivity index (χ2v) is 6.42. The molecular weight excluding hydrogens is 288 g/mol. The highest BCUT2D eigenvalue weighted by Crippen LogP contribution is 2.18. The molecular formula is C19H30N2O2. The second-order valence-electron chi connectivity index (χ2n) is 6.42. The Kier molecular flexibility index (Phi) is 7.95. The highest BCUT2D eigenvalue weighted by molar-refractivity contribution is 5.77. The number of ether oxygens (including phenoxy) is 1. The van der Waals surface area contributed by atoms with Gasteiger partial charge in [-0.1, -0.05) is 38.0 Å². The summed E-state index contributed by atoms with van der Waals surface area (Å²) in [5.74, 6) is 1.60. The van der Waals surface area contributed by atoms with Gasteiger partial charge in [-0.05, 0) is 37.9 Å². The minimum Gasteiger partial charge on any atom is -0.493 e. The van der Waals surface area contributed by atoms with E-state index in [4.69, 9.17) is 4.74 Å². The summed E-state index contributed by atoms with van der Waals surface area (Å²) in [5, 5.41) is 3.03. The molecule has 1 saturated heterocycles. The molecule has 0 aliphatic carbocycles. The third kappa shape index (κ3) is 7.04. The van der Waals surface area contributed by atoms with Crippen molar-refractivity contribution < 1.29 is 9.53 Å². The van der Waals surface area contributed by atoms with Gasteiger partial charge in [-0.2, -0.15) is 0 Å². The van der Waals surface area contributed by atoms with E-state index < -0.39 is 0 Å². The molecule has 0 aromatic heterocycles. The number of nitrogens with zero attached hydrogens (tertiary/aromatic N) is 1. The first-order valence-electron chi connectivity index (χ1n) is 8.95. The number of nitrogens with one attached hydrogen (secondary N) is 1. The summed E-state index contributed by atoms with van der Waals surface area (Å²) >= 11 is 0. The van der Waals surface area contributed by atoms with E-state index in [1.54, 1.807) is 0 Å². The van der Waals surface area contributed by atoms with Crippen LogP contribution < -0.4 is 10.1 Å². The normalized spacial score (nSPS) is 18.6. The lowest BCUT2D eigenvalue weighted by atomic mass is 9.99. The van der Waals surface area contributed by atoms with Crippen LogP contribution in [0.5, 0.6) is 5.75 Å². The molecule has 1 fully saturated rings. The number of likely N-dealkylation sites (tertiary alicyclic amines) is 1.